The Kier molecular flexibility index (Phi) is 9.84. The summed E-state index contributed by atoms with van der Waals surface area (Å²) in [5.41, 5.74) is 4.52. The molecule has 4 atom stereocenters. The third-order valence-corrected chi connectivity index (χ3v) is 6.59. The van der Waals surface area contributed by atoms with Crippen LogP contribution >= 0.6 is 0 Å². The molecule has 4 rings (SSSR count). The van der Waals surface area contributed by atoms with Gasteiger partial charge in [-0.05, 0) is 42.8 Å². The molecule has 3 aromatic carbocycles. The molecule has 3 aromatic rings. The van der Waals surface area contributed by atoms with Crippen LogP contribution in [0, 0.1) is 0 Å². The van der Waals surface area contributed by atoms with Gasteiger partial charge in [-0.1, -0.05) is 66.7 Å². The van der Waals surface area contributed by atoms with E-state index in [1.54, 1.807) is 12.1 Å². The van der Waals surface area contributed by atoms with Gasteiger partial charge in [-0.3, -0.25) is 14.5 Å². The van der Waals surface area contributed by atoms with E-state index in [9.17, 15) is 14.7 Å². The first-order valence-corrected chi connectivity index (χ1v) is 13.1. The van der Waals surface area contributed by atoms with E-state index in [0.29, 0.717) is 12.1 Å². The van der Waals surface area contributed by atoms with Crippen molar-refractivity contribution in [2.24, 2.45) is 0 Å². The molecule has 0 spiro atoms. The first kappa shape index (κ1) is 28.4. The van der Waals surface area contributed by atoms with Crippen molar-refractivity contribution in [2.75, 3.05) is 18.9 Å². The van der Waals surface area contributed by atoms with Gasteiger partial charge in [0.2, 0.25) is 0 Å². The minimum Gasteiger partial charge on any atom is -0.453 e. The Morgan fingerprint density at radius 3 is 2.28 bits per heavy atom. The maximum atomic E-state index is 12.3. The Morgan fingerprint density at radius 2 is 1.64 bits per heavy atom. The van der Waals surface area contributed by atoms with Crippen molar-refractivity contribution in [3.63, 3.8) is 0 Å². The number of likely N-dealkylation sites (N-methyl/N-ethyl adjacent to an activating group) is 1. The lowest BCUT2D eigenvalue weighted by atomic mass is 9.99. The fourth-order valence-electron chi connectivity index (χ4n) is 4.61. The van der Waals surface area contributed by atoms with Gasteiger partial charge in [0.1, 0.15) is 0 Å². The molecule has 1 fully saturated rings. The summed E-state index contributed by atoms with van der Waals surface area (Å²) in [7, 11) is 2.08. The number of rotatable bonds is 10. The lowest BCUT2D eigenvalue weighted by Crippen LogP contribution is -2.37. The Morgan fingerprint density at radius 1 is 0.974 bits per heavy atom. The van der Waals surface area contributed by atoms with E-state index in [0.717, 1.165) is 29.8 Å². The van der Waals surface area contributed by atoms with Crippen LogP contribution in [-0.4, -0.2) is 47.7 Å². The van der Waals surface area contributed by atoms with E-state index in [1.165, 1.54) is 19.4 Å². The summed E-state index contributed by atoms with van der Waals surface area (Å²) in [6.07, 6.45) is -1.06. The number of benzene rings is 3. The van der Waals surface area contributed by atoms with Crippen molar-refractivity contribution < 1.29 is 28.9 Å². The lowest BCUT2D eigenvalue weighted by Gasteiger charge is -2.38. The van der Waals surface area contributed by atoms with Crippen molar-refractivity contribution in [1.82, 2.24) is 4.90 Å². The molecule has 1 saturated heterocycles. The molecule has 0 aromatic heterocycles. The monoisotopic (exact) mass is 532 g/mol. The van der Waals surface area contributed by atoms with Crippen molar-refractivity contribution in [3.8, 4) is 0 Å². The van der Waals surface area contributed by atoms with E-state index in [4.69, 9.17) is 14.2 Å². The van der Waals surface area contributed by atoms with Crippen LogP contribution in [0.2, 0.25) is 0 Å². The van der Waals surface area contributed by atoms with Gasteiger partial charge in [-0.2, -0.15) is 0 Å². The molecule has 1 heterocycles. The summed E-state index contributed by atoms with van der Waals surface area (Å²) < 4.78 is 17.8. The number of nitrogens with zero attached hydrogens (tertiary/aromatic N) is 1. The molecule has 0 unspecified atom stereocenters. The summed E-state index contributed by atoms with van der Waals surface area (Å²) in [6.45, 7) is 4.32. The number of carbonyl (C=O) groups excluding carboxylic acids is 2. The van der Waals surface area contributed by atoms with Crippen molar-refractivity contribution in [1.29, 1.82) is 0 Å². The highest BCUT2D eigenvalue weighted by Gasteiger charge is 2.32. The zero-order valence-electron chi connectivity index (χ0n) is 22.6. The minimum absolute atomic E-state index is 0.00696. The first-order chi connectivity index (χ1) is 18.8. The SMILES string of the molecule is CC(=O)O[C@@H](C)C(=O)Nc1ccc([C@@H]2O[C@H](CN(C)Cc3ccccc3)C[C@H](c3ccc(CO)cc3)O2)cc1. The van der Waals surface area contributed by atoms with Crippen molar-refractivity contribution >= 4 is 17.6 Å². The van der Waals surface area contributed by atoms with Crippen LogP contribution in [0.1, 0.15) is 54.9 Å². The molecule has 2 N–H and O–H groups in total. The molecule has 1 aliphatic rings. The van der Waals surface area contributed by atoms with Crippen LogP contribution in [0.25, 0.3) is 0 Å². The number of aliphatic hydroxyl groups is 1. The average molecular weight is 533 g/mol. The van der Waals surface area contributed by atoms with Gasteiger partial charge in [-0.15, -0.1) is 0 Å². The second-order valence-corrected chi connectivity index (χ2v) is 9.90. The largest absolute Gasteiger partial charge is 0.453 e. The van der Waals surface area contributed by atoms with Gasteiger partial charge in [0.25, 0.3) is 5.91 Å². The number of hydrogen-bond acceptors (Lipinski definition) is 7. The molecule has 206 valence electrons. The van der Waals surface area contributed by atoms with E-state index >= 15 is 0 Å². The van der Waals surface area contributed by atoms with Gasteiger partial charge in [0.05, 0.1) is 18.8 Å². The molecule has 1 amide bonds. The normalized spacial score (nSPS) is 19.9. The predicted octanol–water partition coefficient (Wildman–Crippen LogP) is 4.75. The number of nitrogens with one attached hydrogen (secondary N) is 1. The van der Waals surface area contributed by atoms with E-state index in [1.807, 2.05) is 54.6 Å². The quantitative estimate of drug-likeness (QED) is 0.364. The first-order valence-electron chi connectivity index (χ1n) is 13.1. The highest BCUT2D eigenvalue weighted by molar-refractivity contribution is 5.94. The molecular weight excluding hydrogens is 496 g/mol. The Balaban J connectivity index is 1.47. The second kappa shape index (κ2) is 13.5. The van der Waals surface area contributed by atoms with Gasteiger partial charge in [0, 0.05) is 37.7 Å². The Labute approximate surface area is 229 Å². The predicted molar refractivity (Wildman–Crippen MR) is 147 cm³/mol. The topological polar surface area (TPSA) is 97.3 Å². The summed E-state index contributed by atoms with van der Waals surface area (Å²) >= 11 is 0. The summed E-state index contributed by atoms with van der Waals surface area (Å²) in [5, 5.41) is 12.2. The van der Waals surface area contributed by atoms with Crippen LogP contribution in [0.5, 0.6) is 0 Å². The molecule has 8 heteroatoms. The fourth-order valence-corrected chi connectivity index (χ4v) is 4.61. The Hall–Kier alpha value is -3.56. The fraction of sp³-hybridized carbons (Fsp3) is 0.355. The molecule has 1 aliphatic heterocycles. The summed E-state index contributed by atoms with van der Waals surface area (Å²) in [6, 6.07) is 25.4. The van der Waals surface area contributed by atoms with Gasteiger partial charge >= 0.3 is 5.97 Å². The Bertz CT molecular complexity index is 1220. The number of anilines is 1. The number of esters is 1. The number of amides is 1. The summed E-state index contributed by atoms with van der Waals surface area (Å²) in [4.78, 5) is 25.7. The maximum absolute atomic E-state index is 12.3. The van der Waals surface area contributed by atoms with E-state index < -0.39 is 24.3 Å². The van der Waals surface area contributed by atoms with Gasteiger partial charge in [-0.25, -0.2) is 0 Å². The van der Waals surface area contributed by atoms with Crippen LogP contribution in [0.15, 0.2) is 78.9 Å². The van der Waals surface area contributed by atoms with Crippen LogP contribution in [-0.2, 0) is 37.0 Å². The maximum Gasteiger partial charge on any atom is 0.303 e. The lowest BCUT2D eigenvalue weighted by molar-refractivity contribution is -0.252. The standard InChI is InChI=1S/C31H36N2O6/c1-21(37-22(2)35)30(36)32-27-15-13-26(14-16-27)31-38-28(19-33(3)18-23-7-5-4-6-8-23)17-29(39-31)25-11-9-24(20-34)10-12-25/h4-16,21,28-29,31,34H,17-20H2,1-3H3,(H,32,36)/t21-,28-,29+,31+/m0/s1. The number of carbonyl (C=O) groups is 2. The molecular formula is C31H36N2O6. The zero-order chi connectivity index (χ0) is 27.8. The van der Waals surface area contributed by atoms with Crippen LogP contribution in [0.3, 0.4) is 0 Å². The zero-order valence-corrected chi connectivity index (χ0v) is 22.6. The van der Waals surface area contributed by atoms with Crippen molar-refractivity contribution in [3.05, 3.63) is 101 Å². The van der Waals surface area contributed by atoms with E-state index in [2.05, 4.69) is 29.4 Å². The molecule has 0 radical (unpaired) electrons. The minimum atomic E-state index is -0.890. The van der Waals surface area contributed by atoms with Crippen molar-refractivity contribution in [2.45, 2.75) is 58.0 Å². The van der Waals surface area contributed by atoms with Crippen LogP contribution in [0.4, 0.5) is 5.69 Å². The number of ether oxygens (including phenoxy) is 3. The summed E-state index contributed by atoms with van der Waals surface area (Å²) in [5.74, 6) is -0.917. The number of aliphatic hydroxyl groups excluding tert-OH is 1. The van der Waals surface area contributed by atoms with Gasteiger partial charge in [0.15, 0.2) is 12.4 Å². The third kappa shape index (κ3) is 8.21. The molecule has 8 nitrogen and oxygen atoms in total. The smallest absolute Gasteiger partial charge is 0.303 e. The molecule has 0 aliphatic carbocycles. The average Bonchev–Trinajstić information content (AvgIpc) is 2.93. The second-order valence-electron chi connectivity index (χ2n) is 9.90. The molecule has 39 heavy (non-hydrogen) atoms. The third-order valence-electron chi connectivity index (χ3n) is 6.59. The highest BCUT2D eigenvalue weighted by Crippen LogP contribution is 2.38. The molecule has 0 bridgehead atoms. The highest BCUT2D eigenvalue weighted by atomic mass is 16.7. The van der Waals surface area contributed by atoms with Crippen LogP contribution < -0.4 is 5.32 Å². The molecule has 0 saturated carbocycles. The number of hydrogen-bond donors (Lipinski definition) is 2. The van der Waals surface area contributed by atoms with Gasteiger partial charge < -0.3 is 24.6 Å². The van der Waals surface area contributed by atoms with E-state index in [-0.39, 0.29) is 18.8 Å².